The van der Waals surface area contributed by atoms with E-state index in [4.69, 9.17) is 0 Å². The molecule has 2 heterocycles. The van der Waals surface area contributed by atoms with E-state index < -0.39 is 6.04 Å². The molecule has 2 saturated heterocycles. The summed E-state index contributed by atoms with van der Waals surface area (Å²) in [6.07, 6.45) is 1.96. The summed E-state index contributed by atoms with van der Waals surface area (Å²) < 4.78 is 13.1. The lowest BCUT2D eigenvalue weighted by Crippen LogP contribution is -2.61. The highest BCUT2D eigenvalue weighted by Crippen LogP contribution is 2.21. The van der Waals surface area contributed by atoms with Crippen LogP contribution in [0.15, 0.2) is 24.3 Å². The maximum absolute atomic E-state index is 13.1. The van der Waals surface area contributed by atoms with Crippen molar-refractivity contribution < 1.29 is 18.8 Å². The van der Waals surface area contributed by atoms with Gasteiger partial charge in [-0.25, -0.2) is 4.39 Å². The Morgan fingerprint density at radius 2 is 1.89 bits per heavy atom. The van der Waals surface area contributed by atoms with Crippen molar-refractivity contribution in [3.63, 3.8) is 0 Å². The highest BCUT2D eigenvalue weighted by Gasteiger charge is 2.41. The standard InChI is InChI=1S/C21H28FN3O3/c1-15(2)4-9-19(26)23-10-3-11-25-18(13-23)21(28)24(14-20(25)27)12-16-5-7-17(22)8-6-16/h5-8,15,18H,3-4,9-14H2,1-2H3. The molecule has 1 aromatic rings. The Labute approximate surface area is 165 Å². The lowest BCUT2D eigenvalue weighted by molar-refractivity contribution is -0.157. The van der Waals surface area contributed by atoms with Crippen LogP contribution in [-0.2, 0) is 20.9 Å². The molecule has 3 amide bonds. The molecule has 1 aromatic carbocycles. The first-order chi connectivity index (χ1) is 13.3. The van der Waals surface area contributed by atoms with E-state index in [0.29, 0.717) is 31.8 Å². The van der Waals surface area contributed by atoms with Gasteiger partial charge in [-0.2, -0.15) is 0 Å². The van der Waals surface area contributed by atoms with Crippen LogP contribution in [0.2, 0.25) is 0 Å². The molecule has 0 aromatic heterocycles. The van der Waals surface area contributed by atoms with Gasteiger partial charge in [-0.1, -0.05) is 26.0 Å². The zero-order valence-electron chi connectivity index (χ0n) is 16.6. The van der Waals surface area contributed by atoms with Crippen LogP contribution in [0.3, 0.4) is 0 Å². The van der Waals surface area contributed by atoms with E-state index in [1.807, 2.05) is 0 Å². The van der Waals surface area contributed by atoms with Crippen LogP contribution in [0.4, 0.5) is 4.39 Å². The summed E-state index contributed by atoms with van der Waals surface area (Å²) in [5.74, 6) is -0.0889. The number of fused-ring (bicyclic) bond motifs is 1. The second kappa shape index (κ2) is 8.71. The highest BCUT2D eigenvalue weighted by molar-refractivity contribution is 5.95. The number of hydrogen-bond acceptors (Lipinski definition) is 3. The molecular weight excluding hydrogens is 361 g/mol. The SMILES string of the molecule is CC(C)CCC(=O)N1CCCN2C(=O)CN(Cc3ccc(F)cc3)C(=O)C2C1. The summed E-state index contributed by atoms with van der Waals surface area (Å²) in [4.78, 5) is 43.2. The highest BCUT2D eigenvalue weighted by atomic mass is 19.1. The summed E-state index contributed by atoms with van der Waals surface area (Å²) in [6.45, 7) is 5.75. The Hall–Kier alpha value is -2.44. The fourth-order valence-corrected chi connectivity index (χ4v) is 3.78. The van der Waals surface area contributed by atoms with Crippen LogP contribution in [0.5, 0.6) is 0 Å². The van der Waals surface area contributed by atoms with Crippen LogP contribution in [-0.4, -0.2) is 64.6 Å². The Morgan fingerprint density at radius 3 is 2.57 bits per heavy atom. The third-order valence-electron chi connectivity index (χ3n) is 5.41. The summed E-state index contributed by atoms with van der Waals surface area (Å²) in [5.41, 5.74) is 0.773. The predicted octanol–water partition coefficient (Wildman–Crippen LogP) is 2.03. The lowest BCUT2D eigenvalue weighted by Gasteiger charge is -2.40. The molecule has 0 saturated carbocycles. The summed E-state index contributed by atoms with van der Waals surface area (Å²) in [7, 11) is 0. The van der Waals surface area contributed by atoms with Crippen molar-refractivity contribution in [2.45, 2.75) is 45.7 Å². The van der Waals surface area contributed by atoms with Gasteiger partial charge >= 0.3 is 0 Å². The topological polar surface area (TPSA) is 60.9 Å². The van der Waals surface area contributed by atoms with Gasteiger partial charge in [-0.3, -0.25) is 14.4 Å². The van der Waals surface area contributed by atoms with Crippen molar-refractivity contribution in [3.05, 3.63) is 35.6 Å². The Morgan fingerprint density at radius 1 is 1.18 bits per heavy atom. The molecular formula is C21H28FN3O3. The van der Waals surface area contributed by atoms with E-state index in [1.165, 1.54) is 17.0 Å². The minimum absolute atomic E-state index is 0.0218. The molecule has 0 spiro atoms. The molecule has 0 aliphatic carbocycles. The van der Waals surface area contributed by atoms with Crippen LogP contribution in [0, 0.1) is 11.7 Å². The average molecular weight is 389 g/mol. The normalized spacial score (nSPS) is 20.4. The van der Waals surface area contributed by atoms with E-state index in [1.54, 1.807) is 21.9 Å². The number of amides is 3. The average Bonchev–Trinajstić information content (AvgIpc) is 2.89. The molecule has 0 radical (unpaired) electrons. The first kappa shape index (κ1) is 20.3. The summed E-state index contributed by atoms with van der Waals surface area (Å²) in [5, 5.41) is 0. The van der Waals surface area contributed by atoms with Crippen LogP contribution < -0.4 is 0 Å². The number of piperazine rings is 1. The van der Waals surface area contributed by atoms with Crippen LogP contribution in [0.25, 0.3) is 0 Å². The van der Waals surface area contributed by atoms with Gasteiger partial charge in [0.05, 0.1) is 6.54 Å². The van der Waals surface area contributed by atoms with Crippen molar-refractivity contribution in [1.82, 2.24) is 14.7 Å². The third-order valence-corrected chi connectivity index (χ3v) is 5.41. The number of nitrogens with zero attached hydrogens (tertiary/aromatic N) is 3. The Balaban J connectivity index is 1.71. The van der Waals surface area contributed by atoms with Crippen LogP contribution >= 0.6 is 0 Å². The largest absolute Gasteiger partial charge is 0.340 e. The number of hydrogen-bond donors (Lipinski definition) is 0. The van der Waals surface area contributed by atoms with Gasteiger partial charge in [-0.15, -0.1) is 0 Å². The fourth-order valence-electron chi connectivity index (χ4n) is 3.78. The number of carbonyl (C=O) groups excluding carboxylic acids is 3. The fraction of sp³-hybridized carbons (Fsp3) is 0.571. The third kappa shape index (κ3) is 4.69. The van der Waals surface area contributed by atoms with Crippen molar-refractivity contribution in [2.75, 3.05) is 26.2 Å². The van der Waals surface area contributed by atoms with Crippen molar-refractivity contribution in [2.24, 2.45) is 5.92 Å². The van der Waals surface area contributed by atoms with E-state index in [0.717, 1.165) is 12.0 Å². The lowest BCUT2D eigenvalue weighted by atomic mass is 10.1. The van der Waals surface area contributed by atoms with Gasteiger partial charge in [-0.05, 0) is 36.5 Å². The number of rotatable bonds is 5. The maximum Gasteiger partial charge on any atom is 0.247 e. The monoisotopic (exact) mass is 389 g/mol. The van der Waals surface area contributed by atoms with Gasteiger partial charge in [0.25, 0.3) is 0 Å². The van der Waals surface area contributed by atoms with Gasteiger partial charge < -0.3 is 14.7 Å². The van der Waals surface area contributed by atoms with Crippen LogP contribution in [0.1, 0.15) is 38.7 Å². The summed E-state index contributed by atoms with van der Waals surface area (Å²) in [6, 6.07) is 5.30. The molecule has 2 aliphatic rings. The minimum Gasteiger partial charge on any atom is -0.340 e. The van der Waals surface area contributed by atoms with Crippen molar-refractivity contribution in [1.29, 1.82) is 0 Å². The van der Waals surface area contributed by atoms with E-state index in [-0.39, 0.29) is 43.2 Å². The minimum atomic E-state index is -0.632. The smallest absolute Gasteiger partial charge is 0.247 e. The molecule has 2 aliphatic heterocycles. The predicted molar refractivity (Wildman–Crippen MR) is 103 cm³/mol. The van der Waals surface area contributed by atoms with Gasteiger partial charge in [0.1, 0.15) is 18.4 Å². The molecule has 2 fully saturated rings. The molecule has 1 unspecified atom stereocenters. The van der Waals surface area contributed by atoms with Crippen molar-refractivity contribution >= 4 is 17.7 Å². The van der Waals surface area contributed by atoms with Gasteiger partial charge in [0.15, 0.2) is 0 Å². The molecule has 7 heteroatoms. The molecule has 6 nitrogen and oxygen atoms in total. The quantitative estimate of drug-likeness (QED) is 0.774. The maximum atomic E-state index is 13.1. The first-order valence-electron chi connectivity index (χ1n) is 9.95. The number of halogens is 1. The second-order valence-electron chi connectivity index (χ2n) is 8.05. The number of benzene rings is 1. The Kier molecular flexibility index (Phi) is 6.31. The molecule has 152 valence electrons. The van der Waals surface area contributed by atoms with E-state index >= 15 is 0 Å². The number of carbonyl (C=O) groups is 3. The second-order valence-corrected chi connectivity index (χ2v) is 8.05. The molecule has 0 bridgehead atoms. The Bertz CT molecular complexity index is 735. The molecule has 28 heavy (non-hydrogen) atoms. The molecule has 3 rings (SSSR count). The zero-order chi connectivity index (χ0) is 20.3. The van der Waals surface area contributed by atoms with Gasteiger partial charge in [0.2, 0.25) is 17.7 Å². The summed E-state index contributed by atoms with van der Waals surface area (Å²) >= 11 is 0. The van der Waals surface area contributed by atoms with E-state index in [2.05, 4.69) is 13.8 Å². The van der Waals surface area contributed by atoms with Gasteiger partial charge in [0, 0.05) is 26.1 Å². The molecule has 1 atom stereocenters. The zero-order valence-corrected chi connectivity index (χ0v) is 16.6. The van der Waals surface area contributed by atoms with Crippen molar-refractivity contribution in [3.8, 4) is 0 Å². The van der Waals surface area contributed by atoms with E-state index in [9.17, 15) is 18.8 Å². The first-order valence-corrected chi connectivity index (χ1v) is 9.95. The molecule has 0 N–H and O–H groups in total.